The molecule has 4 aromatic rings. The van der Waals surface area contributed by atoms with Gasteiger partial charge >= 0.3 is 5.97 Å². The van der Waals surface area contributed by atoms with Gasteiger partial charge in [0, 0.05) is 28.6 Å². The second kappa shape index (κ2) is 13.3. The van der Waals surface area contributed by atoms with Gasteiger partial charge in [0.1, 0.15) is 21.4 Å². The second-order valence-corrected chi connectivity index (χ2v) is 11.5. The van der Waals surface area contributed by atoms with Gasteiger partial charge in [-0.25, -0.2) is 14.8 Å². The van der Waals surface area contributed by atoms with Gasteiger partial charge in [0.2, 0.25) is 6.10 Å². The number of rotatable bonds is 10. The van der Waals surface area contributed by atoms with Gasteiger partial charge < -0.3 is 21.9 Å². The number of carbonyl (C=O) groups excluding carboxylic acids is 3. The molecule has 13 heteroatoms. The number of ether oxygens (including phenoxy) is 1. The zero-order valence-corrected chi connectivity index (χ0v) is 25.4. The van der Waals surface area contributed by atoms with Crippen LogP contribution in [0.2, 0.25) is 0 Å². The van der Waals surface area contributed by atoms with E-state index < -0.39 is 23.9 Å². The summed E-state index contributed by atoms with van der Waals surface area (Å²) < 4.78 is 6.05. The summed E-state index contributed by atoms with van der Waals surface area (Å²) >= 11 is 2.17. The summed E-state index contributed by atoms with van der Waals surface area (Å²) in [6.07, 6.45) is -0.431. The Labute approximate surface area is 251 Å². The van der Waals surface area contributed by atoms with Crippen molar-refractivity contribution in [3.8, 4) is 11.1 Å². The van der Waals surface area contributed by atoms with Crippen LogP contribution in [0.5, 0.6) is 0 Å². The maximum atomic E-state index is 14.0. The van der Waals surface area contributed by atoms with E-state index in [-0.39, 0.29) is 45.9 Å². The predicted molar refractivity (Wildman–Crippen MR) is 161 cm³/mol. The molecule has 3 aromatic heterocycles. The molecule has 0 atom stereocenters. The van der Waals surface area contributed by atoms with Crippen molar-refractivity contribution < 1.29 is 19.1 Å². The molecule has 10 nitrogen and oxygen atoms in total. The van der Waals surface area contributed by atoms with E-state index in [0.717, 1.165) is 45.1 Å². The van der Waals surface area contributed by atoms with Gasteiger partial charge in [0.25, 0.3) is 11.8 Å². The molecule has 0 unspecified atom stereocenters. The minimum absolute atomic E-state index is 0. The quantitative estimate of drug-likeness (QED) is 0.218. The molecule has 0 aliphatic carbocycles. The van der Waals surface area contributed by atoms with Gasteiger partial charge in [0.05, 0.1) is 11.3 Å². The van der Waals surface area contributed by atoms with E-state index in [2.05, 4.69) is 23.8 Å². The number of halogens is 1. The van der Waals surface area contributed by atoms with Crippen LogP contribution in [0.4, 0.5) is 0 Å². The van der Waals surface area contributed by atoms with Gasteiger partial charge in [-0.3, -0.25) is 14.6 Å². The van der Waals surface area contributed by atoms with Gasteiger partial charge in [-0.15, -0.1) is 35.1 Å². The summed E-state index contributed by atoms with van der Waals surface area (Å²) in [5.41, 5.74) is 22.0. The Hall–Kier alpha value is -3.71. The molecule has 0 aliphatic rings. The first-order valence-corrected chi connectivity index (χ1v) is 14.3. The highest BCUT2D eigenvalue weighted by Crippen LogP contribution is 2.36. The van der Waals surface area contributed by atoms with Crippen molar-refractivity contribution in [1.82, 2.24) is 15.0 Å². The third-order valence-corrected chi connectivity index (χ3v) is 7.91. The molecular weight excluding hydrogens is 584 g/mol. The van der Waals surface area contributed by atoms with Crippen LogP contribution in [-0.2, 0) is 17.7 Å². The number of esters is 1. The largest absolute Gasteiger partial charge is 0.444 e. The van der Waals surface area contributed by atoms with E-state index in [1.54, 1.807) is 6.92 Å². The van der Waals surface area contributed by atoms with Gasteiger partial charge in [-0.05, 0) is 37.3 Å². The lowest BCUT2D eigenvalue weighted by molar-refractivity contribution is 0.0376. The number of thiazole rings is 2. The Morgan fingerprint density at radius 3 is 1.88 bits per heavy atom. The molecule has 216 valence electrons. The number of benzene rings is 1. The summed E-state index contributed by atoms with van der Waals surface area (Å²) in [7, 11) is 0. The number of nitrogens with two attached hydrogens (primary N) is 3. The Morgan fingerprint density at radius 1 is 0.902 bits per heavy atom. The summed E-state index contributed by atoms with van der Waals surface area (Å²) in [5.74, 6) is -1.80. The summed E-state index contributed by atoms with van der Waals surface area (Å²) in [6, 6.07) is 7.81. The van der Waals surface area contributed by atoms with Crippen LogP contribution >= 0.6 is 35.1 Å². The van der Waals surface area contributed by atoms with Crippen molar-refractivity contribution in [3.05, 3.63) is 84.5 Å². The lowest BCUT2D eigenvalue weighted by Gasteiger charge is -2.21. The zero-order chi connectivity index (χ0) is 29.1. The summed E-state index contributed by atoms with van der Waals surface area (Å²) in [5, 5.41) is 3.48. The Kier molecular flexibility index (Phi) is 10.3. The highest BCUT2D eigenvalue weighted by molar-refractivity contribution is 7.11. The fraction of sp³-hybridized carbons (Fsp3) is 0.286. The van der Waals surface area contributed by atoms with Crippen molar-refractivity contribution in [2.24, 2.45) is 23.1 Å². The van der Waals surface area contributed by atoms with E-state index in [1.165, 1.54) is 10.8 Å². The second-order valence-electron chi connectivity index (χ2n) is 9.70. The molecule has 0 saturated carbocycles. The maximum absolute atomic E-state index is 14.0. The topological polar surface area (TPSA) is 177 Å². The predicted octanol–water partition coefficient (Wildman–Crippen LogP) is 4.50. The Bertz CT molecular complexity index is 1530. The van der Waals surface area contributed by atoms with E-state index in [0.29, 0.717) is 23.6 Å². The molecule has 4 rings (SSSR count). The molecule has 2 amide bonds. The number of pyridine rings is 1. The molecule has 41 heavy (non-hydrogen) atoms. The third-order valence-electron chi connectivity index (χ3n) is 6.14. The van der Waals surface area contributed by atoms with Crippen molar-refractivity contribution in [2.45, 2.75) is 46.8 Å². The number of amides is 2. The van der Waals surface area contributed by atoms with Crippen LogP contribution < -0.4 is 17.2 Å². The number of nitrogens with zero attached hydrogens (tertiary/aromatic N) is 3. The number of carbonyl (C=O) groups is 3. The molecule has 3 heterocycles. The first-order chi connectivity index (χ1) is 19.0. The average molecular weight is 615 g/mol. The van der Waals surface area contributed by atoms with Crippen molar-refractivity contribution >= 4 is 52.9 Å². The van der Waals surface area contributed by atoms with Crippen LogP contribution in [-0.4, -0.2) is 32.7 Å². The van der Waals surface area contributed by atoms with Crippen LogP contribution in [0.25, 0.3) is 11.1 Å². The minimum atomic E-state index is -1.12. The van der Waals surface area contributed by atoms with E-state index >= 15 is 0 Å². The molecule has 0 aliphatic heterocycles. The molecule has 0 fully saturated rings. The maximum Gasteiger partial charge on any atom is 0.341 e. The zero-order valence-electron chi connectivity index (χ0n) is 23.0. The standard InChI is InChI=1S/C28H30N6O4S2.ClH/c1-13(2)9-18-17(10-29)22(16-7-5-14(3)6-8-16)21(15(4)32-18)28(37)38-23(26-33-19(11-39-26)24(30)35)27-34-20(12-40-27)25(31)36;/h5-8,11-13,23H,9-10,29H2,1-4H3,(H2,30,35)(H2,31,36);1H. The van der Waals surface area contributed by atoms with E-state index in [4.69, 9.17) is 26.9 Å². The van der Waals surface area contributed by atoms with Crippen LogP contribution in [0.1, 0.15) is 83.8 Å². The number of aromatic nitrogens is 3. The van der Waals surface area contributed by atoms with Crippen LogP contribution in [0.15, 0.2) is 35.0 Å². The smallest absolute Gasteiger partial charge is 0.341 e. The first-order valence-electron chi connectivity index (χ1n) is 12.5. The van der Waals surface area contributed by atoms with E-state index in [1.807, 2.05) is 31.2 Å². The van der Waals surface area contributed by atoms with Crippen molar-refractivity contribution in [3.63, 3.8) is 0 Å². The fourth-order valence-corrected chi connectivity index (χ4v) is 6.03. The molecule has 0 saturated heterocycles. The molecule has 0 bridgehead atoms. The molecular formula is C28H31ClN6O4S2. The molecule has 1 aromatic carbocycles. The average Bonchev–Trinajstić information content (AvgIpc) is 3.58. The monoisotopic (exact) mass is 614 g/mol. The van der Waals surface area contributed by atoms with Gasteiger partial charge in [-0.2, -0.15) is 0 Å². The Balaban J connectivity index is 0.00000462. The van der Waals surface area contributed by atoms with E-state index in [9.17, 15) is 14.4 Å². The number of aryl methyl sites for hydroxylation is 2. The van der Waals surface area contributed by atoms with Gasteiger partial charge in [0.15, 0.2) is 0 Å². The minimum Gasteiger partial charge on any atom is -0.444 e. The van der Waals surface area contributed by atoms with Gasteiger partial charge in [-0.1, -0.05) is 43.7 Å². The third kappa shape index (κ3) is 6.96. The molecule has 0 spiro atoms. The highest BCUT2D eigenvalue weighted by atomic mass is 35.5. The normalized spacial score (nSPS) is 11.0. The molecule has 0 radical (unpaired) electrons. The Morgan fingerprint density at radius 2 is 1.44 bits per heavy atom. The summed E-state index contributed by atoms with van der Waals surface area (Å²) in [4.78, 5) is 50.8. The number of primary amides is 2. The van der Waals surface area contributed by atoms with Crippen molar-refractivity contribution in [1.29, 1.82) is 0 Å². The number of hydrogen-bond acceptors (Lipinski definition) is 10. The number of hydrogen-bond donors (Lipinski definition) is 3. The SMILES string of the molecule is Cc1ccc(-c2c(CN)c(CC(C)C)nc(C)c2C(=O)OC(c2nc(C(N)=O)cs2)c2nc(C(N)=O)cs2)cc1.Cl. The summed E-state index contributed by atoms with van der Waals surface area (Å²) in [6.45, 7) is 8.11. The molecule has 6 N–H and O–H groups in total. The van der Waals surface area contributed by atoms with Crippen molar-refractivity contribution in [2.75, 3.05) is 0 Å². The lowest BCUT2D eigenvalue weighted by Crippen LogP contribution is -2.20. The van der Waals surface area contributed by atoms with Crippen LogP contribution in [0.3, 0.4) is 0 Å². The van der Waals surface area contributed by atoms with Crippen LogP contribution in [0, 0.1) is 19.8 Å². The first kappa shape index (κ1) is 31.8. The highest BCUT2D eigenvalue weighted by Gasteiger charge is 2.31. The fourth-order valence-electron chi connectivity index (χ4n) is 4.28. The lowest BCUT2D eigenvalue weighted by atomic mass is 9.89.